The van der Waals surface area contributed by atoms with E-state index in [9.17, 15) is 4.57 Å². The Morgan fingerprint density at radius 1 is 1.09 bits per heavy atom. The summed E-state index contributed by atoms with van der Waals surface area (Å²) >= 11 is 0. The van der Waals surface area contributed by atoms with Crippen LogP contribution in [0, 0.1) is 0 Å². The molecule has 1 aromatic carbocycles. The largest absolute Gasteiger partial charge is 0.497 e. The topological polar surface area (TPSA) is 56.8 Å². The number of nitrogens with one attached hydrogen (secondary N) is 1. The van der Waals surface area contributed by atoms with E-state index in [0.717, 1.165) is 11.3 Å². The zero-order chi connectivity index (χ0) is 16.8. The lowest BCUT2D eigenvalue weighted by atomic mass is 10.2. The molecule has 0 radical (unpaired) electrons. The van der Waals surface area contributed by atoms with E-state index in [-0.39, 0.29) is 0 Å². The fourth-order valence-electron chi connectivity index (χ4n) is 2.09. The summed E-state index contributed by atoms with van der Waals surface area (Å²) in [6.45, 7) is 10.8. The van der Waals surface area contributed by atoms with Crippen LogP contribution in [0.4, 0.5) is 0 Å². The Labute approximate surface area is 135 Å². The summed E-state index contributed by atoms with van der Waals surface area (Å²) in [5.74, 6) is 0.295. The molecule has 0 fully saturated rings. The Kier molecular flexibility index (Phi) is 7.29. The molecule has 1 rings (SSSR count). The van der Waals surface area contributed by atoms with Crippen LogP contribution < -0.4 is 9.72 Å². The molecule has 0 amide bonds. The first-order valence-electron chi connectivity index (χ1n) is 7.56. The van der Waals surface area contributed by atoms with Gasteiger partial charge >= 0.3 is 7.60 Å². The molecular formula is C15H28NO4PSi. The van der Waals surface area contributed by atoms with Gasteiger partial charge in [-0.1, -0.05) is 31.8 Å². The predicted octanol–water partition coefficient (Wildman–Crippen LogP) is 4.38. The number of hydrogen-bond donors (Lipinski definition) is 1. The minimum absolute atomic E-state index is 0.345. The summed E-state index contributed by atoms with van der Waals surface area (Å²) in [4.78, 5) is 3.51. The van der Waals surface area contributed by atoms with E-state index in [0.29, 0.717) is 13.2 Å². The van der Waals surface area contributed by atoms with Gasteiger partial charge < -0.3 is 18.8 Å². The lowest BCUT2D eigenvalue weighted by Crippen LogP contribution is -2.44. The highest BCUT2D eigenvalue weighted by Crippen LogP contribution is 2.60. The van der Waals surface area contributed by atoms with E-state index in [2.05, 4.69) is 24.6 Å². The molecule has 0 aliphatic carbocycles. The summed E-state index contributed by atoms with van der Waals surface area (Å²) in [5, 5.41) is 0. The molecule has 126 valence electrons. The predicted molar refractivity (Wildman–Crippen MR) is 93.1 cm³/mol. The Bertz CT molecular complexity index is 491. The van der Waals surface area contributed by atoms with Gasteiger partial charge in [-0.25, -0.2) is 0 Å². The molecule has 1 unspecified atom stereocenters. The Morgan fingerprint density at radius 3 is 1.95 bits per heavy atom. The van der Waals surface area contributed by atoms with Gasteiger partial charge in [0, 0.05) is 0 Å². The van der Waals surface area contributed by atoms with Gasteiger partial charge in [0.15, 0.2) is 0 Å². The van der Waals surface area contributed by atoms with Crippen molar-refractivity contribution in [3.05, 3.63) is 29.8 Å². The van der Waals surface area contributed by atoms with Crippen LogP contribution in [-0.4, -0.2) is 28.6 Å². The molecule has 7 heteroatoms. The van der Waals surface area contributed by atoms with Gasteiger partial charge in [-0.3, -0.25) is 4.57 Å². The SMILES string of the molecule is CCOP(=O)(OCC)C(N[Si](C)(C)C)c1ccc(OC)cc1. The highest BCUT2D eigenvalue weighted by molar-refractivity contribution is 7.54. The van der Waals surface area contributed by atoms with Gasteiger partial charge in [0.2, 0.25) is 0 Å². The van der Waals surface area contributed by atoms with Crippen LogP contribution in [0.2, 0.25) is 19.6 Å². The van der Waals surface area contributed by atoms with Crippen molar-refractivity contribution in [3.8, 4) is 5.75 Å². The van der Waals surface area contributed by atoms with E-state index in [1.165, 1.54) is 0 Å². The first kappa shape index (κ1) is 19.4. The Morgan fingerprint density at radius 2 is 1.59 bits per heavy atom. The van der Waals surface area contributed by atoms with Crippen molar-refractivity contribution in [2.45, 2.75) is 39.3 Å². The lowest BCUT2D eigenvalue weighted by molar-refractivity contribution is 0.210. The van der Waals surface area contributed by atoms with E-state index in [1.54, 1.807) is 7.11 Å². The van der Waals surface area contributed by atoms with Crippen molar-refractivity contribution in [3.63, 3.8) is 0 Å². The van der Waals surface area contributed by atoms with Crippen molar-refractivity contribution >= 4 is 15.8 Å². The van der Waals surface area contributed by atoms with Crippen LogP contribution in [0.1, 0.15) is 25.2 Å². The molecule has 1 aromatic rings. The minimum Gasteiger partial charge on any atom is -0.497 e. The van der Waals surface area contributed by atoms with E-state index < -0.39 is 21.6 Å². The number of hydrogen-bond acceptors (Lipinski definition) is 5. The number of benzene rings is 1. The molecule has 0 saturated heterocycles. The van der Waals surface area contributed by atoms with Crippen molar-refractivity contribution in [1.29, 1.82) is 0 Å². The third-order valence-corrected chi connectivity index (χ3v) is 6.63. The van der Waals surface area contributed by atoms with E-state index in [4.69, 9.17) is 13.8 Å². The van der Waals surface area contributed by atoms with Crippen LogP contribution in [0.3, 0.4) is 0 Å². The fourth-order valence-corrected chi connectivity index (χ4v) is 6.50. The molecule has 0 heterocycles. The summed E-state index contributed by atoms with van der Waals surface area (Å²) in [6.07, 6.45) is 0. The molecule has 0 spiro atoms. The van der Waals surface area contributed by atoms with E-state index >= 15 is 0 Å². The van der Waals surface area contributed by atoms with Crippen LogP contribution in [0.5, 0.6) is 5.75 Å². The molecule has 1 N–H and O–H groups in total. The summed E-state index contributed by atoms with van der Waals surface area (Å²) in [5.41, 5.74) is 0.883. The monoisotopic (exact) mass is 345 g/mol. The fraction of sp³-hybridized carbons (Fsp3) is 0.600. The van der Waals surface area contributed by atoms with Crippen molar-refractivity contribution in [1.82, 2.24) is 4.98 Å². The van der Waals surface area contributed by atoms with Gasteiger partial charge in [-0.2, -0.15) is 0 Å². The van der Waals surface area contributed by atoms with Gasteiger partial charge in [0.1, 0.15) is 19.8 Å². The van der Waals surface area contributed by atoms with Gasteiger partial charge in [-0.05, 0) is 31.5 Å². The first-order chi connectivity index (χ1) is 10.3. The van der Waals surface area contributed by atoms with Gasteiger partial charge in [0.05, 0.1) is 20.3 Å². The van der Waals surface area contributed by atoms with Crippen LogP contribution in [0.15, 0.2) is 24.3 Å². The molecule has 0 saturated carbocycles. The summed E-state index contributed by atoms with van der Waals surface area (Å²) < 4.78 is 29.5. The zero-order valence-corrected chi connectivity index (χ0v) is 16.3. The minimum atomic E-state index is -3.29. The maximum absolute atomic E-state index is 13.2. The summed E-state index contributed by atoms with van der Waals surface area (Å²) in [6, 6.07) is 7.52. The van der Waals surface area contributed by atoms with Gasteiger partial charge in [0.25, 0.3) is 0 Å². The van der Waals surface area contributed by atoms with Crippen molar-refractivity contribution in [2.75, 3.05) is 20.3 Å². The molecule has 0 aliphatic rings. The van der Waals surface area contributed by atoms with Crippen molar-refractivity contribution < 1.29 is 18.3 Å². The average molecular weight is 345 g/mol. The molecule has 22 heavy (non-hydrogen) atoms. The average Bonchev–Trinajstić information content (AvgIpc) is 2.44. The van der Waals surface area contributed by atoms with Crippen LogP contribution in [-0.2, 0) is 13.6 Å². The Balaban J connectivity index is 3.22. The number of ether oxygens (including phenoxy) is 1. The molecule has 5 nitrogen and oxygen atoms in total. The maximum atomic E-state index is 13.2. The second-order valence-corrected chi connectivity index (χ2v) is 12.8. The lowest BCUT2D eigenvalue weighted by Gasteiger charge is -2.32. The maximum Gasteiger partial charge on any atom is 0.351 e. The third kappa shape index (κ3) is 5.52. The molecule has 0 bridgehead atoms. The zero-order valence-electron chi connectivity index (χ0n) is 14.4. The molecule has 1 atom stereocenters. The highest BCUT2D eigenvalue weighted by atomic mass is 31.2. The number of rotatable bonds is 9. The molecular weight excluding hydrogens is 317 g/mol. The Hall–Kier alpha value is -0.653. The summed E-state index contributed by atoms with van der Waals surface area (Å²) in [7, 11) is -3.37. The molecule has 0 aromatic heterocycles. The number of methoxy groups -OCH3 is 1. The first-order valence-corrected chi connectivity index (χ1v) is 12.7. The van der Waals surface area contributed by atoms with Crippen LogP contribution >= 0.6 is 7.60 Å². The molecule has 0 aliphatic heterocycles. The van der Waals surface area contributed by atoms with Crippen LogP contribution in [0.25, 0.3) is 0 Å². The van der Waals surface area contributed by atoms with Gasteiger partial charge in [-0.15, -0.1) is 0 Å². The van der Waals surface area contributed by atoms with E-state index in [1.807, 2.05) is 38.1 Å². The smallest absolute Gasteiger partial charge is 0.351 e. The van der Waals surface area contributed by atoms with Crippen molar-refractivity contribution in [2.24, 2.45) is 0 Å². The third-order valence-electron chi connectivity index (χ3n) is 2.94. The second kappa shape index (κ2) is 8.27. The highest BCUT2D eigenvalue weighted by Gasteiger charge is 2.39. The quantitative estimate of drug-likeness (QED) is 0.531. The standard InChI is InChI=1S/C15H28NO4PSi/c1-7-19-21(17,20-8-2)15(16-22(4,5)6)13-9-11-14(18-3)12-10-13/h9-12,15-16H,7-8H2,1-6H3. The second-order valence-electron chi connectivity index (χ2n) is 5.95. The normalized spacial score (nSPS) is 13.9.